The van der Waals surface area contributed by atoms with Gasteiger partial charge in [0.15, 0.2) is 4.88 Å². The summed E-state index contributed by atoms with van der Waals surface area (Å²) in [5.74, 6) is 0.754. The van der Waals surface area contributed by atoms with Crippen molar-refractivity contribution in [1.29, 1.82) is 0 Å². The highest BCUT2D eigenvalue weighted by Gasteiger charge is 2.22. The normalized spacial score (nSPS) is 10.3. The fourth-order valence-electron chi connectivity index (χ4n) is 1.66. The number of ether oxygens (including phenoxy) is 2. The molecule has 0 fully saturated rings. The van der Waals surface area contributed by atoms with Crippen molar-refractivity contribution in [3.63, 3.8) is 0 Å². The highest BCUT2D eigenvalue weighted by Crippen LogP contribution is 2.33. The van der Waals surface area contributed by atoms with E-state index in [0.29, 0.717) is 15.8 Å². The number of aromatic nitrogens is 1. The Balaban J connectivity index is 2.37. The van der Waals surface area contributed by atoms with Crippen molar-refractivity contribution in [1.82, 2.24) is 10.0 Å². The molecular weight excluding hydrogens is 292 g/mol. The van der Waals surface area contributed by atoms with Crippen LogP contribution in [0.1, 0.15) is 9.67 Å². The van der Waals surface area contributed by atoms with Gasteiger partial charge in [0.1, 0.15) is 10.8 Å². The Morgan fingerprint density at radius 3 is 2.33 bits per heavy atom. The molecule has 1 heterocycles. The Morgan fingerprint density at radius 2 is 1.81 bits per heavy atom. The number of hydrogen-bond acceptors (Lipinski definition) is 6. The predicted octanol–water partition coefficient (Wildman–Crippen LogP) is 2.46. The van der Waals surface area contributed by atoms with Crippen molar-refractivity contribution < 1.29 is 19.1 Å². The number of nitrogens with zero attached hydrogens (tertiary/aromatic N) is 2. The minimum absolute atomic E-state index is 0.291. The second kappa shape index (κ2) is 6.55. The summed E-state index contributed by atoms with van der Waals surface area (Å²) in [7, 11) is 6.06. The van der Waals surface area contributed by atoms with Crippen molar-refractivity contribution >= 4 is 17.2 Å². The molecule has 1 amide bonds. The number of benzene rings is 1. The van der Waals surface area contributed by atoms with Gasteiger partial charge in [0, 0.05) is 12.6 Å². The van der Waals surface area contributed by atoms with Crippen molar-refractivity contribution in [2.75, 3.05) is 28.4 Å². The van der Waals surface area contributed by atoms with Crippen LogP contribution < -0.4 is 9.47 Å². The number of hydrogen-bond donors (Lipinski definition) is 0. The molecule has 21 heavy (non-hydrogen) atoms. The molecule has 2 aromatic rings. The molecule has 0 aliphatic rings. The zero-order valence-electron chi connectivity index (χ0n) is 12.2. The summed E-state index contributed by atoms with van der Waals surface area (Å²) >= 11 is 1.25. The molecule has 7 heteroatoms. The molecular formula is C14H16N2O4S. The van der Waals surface area contributed by atoms with E-state index in [1.54, 1.807) is 7.11 Å². The number of carbonyl (C=O) groups is 1. The first-order chi connectivity index (χ1) is 10.1. The number of methoxy groups -OCH3 is 2. The molecule has 1 aromatic carbocycles. The van der Waals surface area contributed by atoms with Gasteiger partial charge in [-0.3, -0.25) is 9.63 Å². The van der Waals surface area contributed by atoms with Gasteiger partial charge in [-0.2, -0.15) is 0 Å². The van der Waals surface area contributed by atoms with Crippen LogP contribution in [0.2, 0.25) is 0 Å². The lowest BCUT2D eigenvalue weighted by atomic mass is 10.2. The molecule has 112 valence electrons. The SMILES string of the molecule is COc1ccc(-c2nc(OC)c(C(=O)N(C)OC)s2)cc1. The summed E-state index contributed by atoms with van der Waals surface area (Å²) in [4.78, 5) is 21.8. The third kappa shape index (κ3) is 3.14. The Morgan fingerprint density at radius 1 is 1.14 bits per heavy atom. The maximum absolute atomic E-state index is 12.2. The van der Waals surface area contributed by atoms with Gasteiger partial charge in [0.05, 0.1) is 21.3 Å². The van der Waals surface area contributed by atoms with E-state index in [0.717, 1.165) is 16.4 Å². The zero-order chi connectivity index (χ0) is 15.4. The monoisotopic (exact) mass is 308 g/mol. The lowest BCUT2D eigenvalue weighted by molar-refractivity contribution is -0.0755. The molecule has 0 bridgehead atoms. The molecule has 0 saturated heterocycles. The fourth-order valence-corrected chi connectivity index (χ4v) is 2.67. The highest BCUT2D eigenvalue weighted by molar-refractivity contribution is 7.17. The van der Waals surface area contributed by atoms with Gasteiger partial charge in [0.25, 0.3) is 5.91 Å². The van der Waals surface area contributed by atoms with E-state index in [1.807, 2.05) is 24.3 Å². The smallest absolute Gasteiger partial charge is 0.292 e. The van der Waals surface area contributed by atoms with E-state index in [2.05, 4.69) is 4.98 Å². The van der Waals surface area contributed by atoms with Crippen LogP contribution in [0.25, 0.3) is 10.6 Å². The van der Waals surface area contributed by atoms with Crippen LogP contribution in [0.5, 0.6) is 11.6 Å². The first-order valence-corrected chi connectivity index (χ1v) is 6.93. The van der Waals surface area contributed by atoms with Crippen molar-refractivity contribution in [2.24, 2.45) is 0 Å². The van der Waals surface area contributed by atoms with Gasteiger partial charge < -0.3 is 9.47 Å². The summed E-state index contributed by atoms with van der Waals surface area (Å²) in [6, 6.07) is 7.44. The van der Waals surface area contributed by atoms with Crippen LogP contribution in [0.15, 0.2) is 24.3 Å². The van der Waals surface area contributed by atoms with Gasteiger partial charge in [0.2, 0.25) is 5.88 Å². The quantitative estimate of drug-likeness (QED) is 0.794. The fraction of sp³-hybridized carbons (Fsp3) is 0.286. The maximum atomic E-state index is 12.2. The van der Waals surface area contributed by atoms with E-state index < -0.39 is 0 Å². The first-order valence-electron chi connectivity index (χ1n) is 6.12. The molecule has 6 nitrogen and oxygen atoms in total. The third-order valence-electron chi connectivity index (χ3n) is 2.88. The van der Waals surface area contributed by atoms with E-state index in [4.69, 9.17) is 14.3 Å². The Hall–Kier alpha value is -2.12. The van der Waals surface area contributed by atoms with Crippen LogP contribution in [0.4, 0.5) is 0 Å². The van der Waals surface area contributed by atoms with Crippen molar-refractivity contribution in [2.45, 2.75) is 0 Å². The molecule has 0 saturated carbocycles. The van der Waals surface area contributed by atoms with E-state index in [9.17, 15) is 4.79 Å². The summed E-state index contributed by atoms with van der Waals surface area (Å²) in [6.07, 6.45) is 0. The van der Waals surface area contributed by atoms with Crippen molar-refractivity contribution in [3.05, 3.63) is 29.1 Å². The molecule has 1 aromatic heterocycles. The van der Waals surface area contributed by atoms with Crippen molar-refractivity contribution in [3.8, 4) is 22.2 Å². The minimum atomic E-state index is -0.299. The van der Waals surface area contributed by atoms with Crippen LogP contribution in [-0.4, -0.2) is 44.3 Å². The second-order valence-corrected chi connectivity index (χ2v) is 5.07. The molecule has 0 unspecified atom stereocenters. The van der Waals surface area contributed by atoms with E-state index in [1.165, 1.54) is 32.6 Å². The minimum Gasteiger partial charge on any atom is -0.497 e. The highest BCUT2D eigenvalue weighted by atomic mass is 32.1. The summed E-state index contributed by atoms with van der Waals surface area (Å²) in [5, 5.41) is 1.83. The standard InChI is InChI=1S/C14H16N2O4S/c1-16(20-4)14(17)11-12(19-3)15-13(21-11)9-5-7-10(18-2)8-6-9/h5-8H,1-4H3. The Bertz CT molecular complexity index is 624. The van der Waals surface area contributed by atoms with Gasteiger partial charge >= 0.3 is 0 Å². The van der Waals surface area contributed by atoms with Gasteiger partial charge in [-0.15, -0.1) is 11.3 Å². The maximum Gasteiger partial charge on any atom is 0.292 e. The number of hydroxylamine groups is 2. The number of carbonyl (C=O) groups excluding carboxylic acids is 1. The van der Waals surface area contributed by atoms with E-state index >= 15 is 0 Å². The predicted molar refractivity (Wildman–Crippen MR) is 79.8 cm³/mol. The molecule has 0 aliphatic heterocycles. The molecule has 0 spiro atoms. The molecule has 0 N–H and O–H groups in total. The topological polar surface area (TPSA) is 60.9 Å². The average molecular weight is 308 g/mol. The first kappa shape index (κ1) is 15.3. The second-order valence-electron chi connectivity index (χ2n) is 4.07. The summed E-state index contributed by atoms with van der Waals surface area (Å²) in [5.41, 5.74) is 0.887. The van der Waals surface area contributed by atoms with Crippen LogP contribution in [0, 0.1) is 0 Å². The lowest BCUT2D eigenvalue weighted by Crippen LogP contribution is -2.24. The van der Waals surface area contributed by atoms with Gasteiger partial charge in [-0.05, 0) is 24.3 Å². The summed E-state index contributed by atoms with van der Waals surface area (Å²) < 4.78 is 10.3. The molecule has 0 radical (unpaired) electrons. The van der Waals surface area contributed by atoms with Crippen LogP contribution in [0.3, 0.4) is 0 Å². The third-order valence-corrected chi connectivity index (χ3v) is 3.95. The zero-order valence-corrected chi connectivity index (χ0v) is 13.1. The number of amides is 1. The largest absolute Gasteiger partial charge is 0.497 e. The molecule has 0 atom stereocenters. The van der Waals surface area contributed by atoms with Gasteiger partial charge in [-0.25, -0.2) is 10.0 Å². The Kier molecular flexibility index (Phi) is 4.77. The van der Waals surface area contributed by atoms with E-state index in [-0.39, 0.29) is 5.91 Å². The lowest BCUT2D eigenvalue weighted by Gasteiger charge is -2.12. The number of rotatable bonds is 5. The van der Waals surface area contributed by atoms with Gasteiger partial charge in [-0.1, -0.05) is 0 Å². The molecule has 0 aliphatic carbocycles. The average Bonchev–Trinajstić information content (AvgIpc) is 2.97. The molecule has 2 rings (SSSR count). The Labute approximate surface area is 126 Å². The summed E-state index contributed by atoms with van der Waals surface area (Å²) in [6.45, 7) is 0. The van der Waals surface area contributed by atoms with Crippen LogP contribution >= 0.6 is 11.3 Å². The number of thiazole rings is 1. The van der Waals surface area contributed by atoms with Crippen LogP contribution in [-0.2, 0) is 4.84 Å².